The Kier molecular flexibility index (Phi) is 6.84. The van der Waals surface area contributed by atoms with Crippen molar-refractivity contribution >= 4 is 38.7 Å². The summed E-state index contributed by atoms with van der Waals surface area (Å²) in [6.07, 6.45) is 0.942. The Balaban J connectivity index is 1.60. The second-order valence-corrected chi connectivity index (χ2v) is 9.66. The van der Waals surface area contributed by atoms with Crippen LogP contribution in [0.25, 0.3) is 0 Å². The molecule has 0 N–H and O–H groups in total. The van der Waals surface area contributed by atoms with E-state index in [0.29, 0.717) is 17.1 Å². The Morgan fingerprint density at radius 1 is 1.00 bits per heavy atom. The highest BCUT2D eigenvalue weighted by Crippen LogP contribution is 2.26. The zero-order chi connectivity index (χ0) is 20.1. The first kappa shape index (κ1) is 20.9. The predicted molar refractivity (Wildman–Crippen MR) is 113 cm³/mol. The Morgan fingerprint density at radius 3 is 2.46 bits per heavy atom. The molecule has 0 radical (unpaired) electrons. The molecule has 5 nitrogen and oxygen atoms in total. The SMILES string of the molecule is N#Cc1ccc(N2CCCN(CCS(=O)(=O)c3cc(Cl)ccc3Cl)CC2)cc1. The van der Waals surface area contributed by atoms with Gasteiger partial charge in [-0.1, -0.05) is 23.2 Å². The van der Waals surface area contributed by atoms with Crippen molar-refractivity contribution in [3.8, 4) is 6.07 Å². The van der Waals surface area contributed by atoms with Crippen LogP contribution in [0.5, 0.6) is 0 Å². The van der Waals surface area contributed by atoms with Gasteiger partial charge in [-0.05, 0) is 55.4 Å². The maximum atomic E-state index is 12.7. The molecule has 2 aromatic rings. The van der Waals surface area contributed by atoms with Crippen molar-refractivity contribution in [1.82, 2.24) is 4.90 Å². The average Bonchev–Trinajstić information content (AvgIpc) is 2.94. The Bertz CT molecular complexity index is 972. The topological polar surface area (TPSA) is 64.4 Å². The fourth-order valence-corrected chi connectivity index (χ4v) is 5.37. The minimum atomic E-state index is -3.50. The lowest BCUT2D eigenvalue weighted by atomic mass is 10.2. The number of nitriles is 1. The Labute approximate surface area is 176 Å². The monoisotopic (exact) mass is 437 g/mol. The molecule has 3 rings (SSSR count). The molecule has 148 valence electrons. The van der Waals surface area contributed by atoms with Crippen LogP contribution >= 0.6 is 23.2 Å². The van der Waals surface area contributed by atoms with Gasteiger partial charge in [0.25, 0.3) is 0 Å². The van der Waals surface area contributed by atoms with Gasteiger partial charge in [0, 0.05) is 36.9 Å². The van der Waals surface area contributed by atoms with Crippen molar-refractivity contribution in [2.45, 2.75) is 11.3 Å². The van der Waals surface area contributed by atoms with Crippen LogP contribution in [0, 0.1) is 11.3 Å². The number of sulfone groups is 1. The molecule has 0 saturated carbocycles. The molecule has 0 atom stereocenters. The Morgan fingerprint density at radius 2 is 1.75 bits per heavy atom. The third kappa shape index (κ3) is 5.18. The van der Waals surface area contributed by atoms with Crippen LogP contribution in [0.1, 0.15) is 12.0 Å². The van der Waals surface area contributed by atoms with E-state index in [1.165, 1.54) is 12.1 Å². The number of anilines is 1. The summed E-state index contributed by atoms with van der Waals surface area (Å²) < 4.78 is 25.3. The van der Waals surface area contributed by atoms with Crippen molar-refractivity contribution in [1.29, 1.82) is 5.26 Å². The number of halogens is 2. The summed E-state index contributed by atoms with van der Waals surface area (Å²) in [5.41, 5.74) is 1.73. The van der Waals surface area contributed by atoms with Gasteiger partial charge in [0.15, 0.2) is 9.84 Å². The van der Waals surface area contributed by atoms with Crippen molar-refractivity contribution in [2.75, 3.05) is 43.4 Å². The van der Waals surface area contributed by atoms with Crippen LogP contribution in [0.15, 0.2) is 47.4 Å². The molecule has 1 heterocycles. The first-order chi connectivity index (χ1) is 13.4. The van der Waals surface area contributed by atoms with E-state index in [1.807, 2.05) is 24.3 Å². The highest BCUT2D eigenvalue weighted by molar-refractivity contribution is 7.91. The number of rotatable bonds is 5. The molecular formula is C20H21Cl2N3O2S. The summed E-state index contributed by atoms with van der Waals surface area (Å²) in [4.78, 5) is 4.53. The van der Waals surface area contributed by atoms with E-state index in [-0.39, 0.29) is 15.7 Å². The van der Waals surface area contributed by atoms with Crippen LogP contribution in [0.2, 0.25) is 10.0 Å². The highest BCUT2D eigenvalue weighted by Gasteiger charge is 2.21. The summed E-state index contributed by atoms with van der Waals surface area (Å²) >= 11 is 12.0. The zero-order valence-electron chi connectivity index (χ0n) is 15.3. The first-order valence-corrected chi connectivity index (χ1v) is 11.5. The summed E-state index contributed by atoms with van der Waals surface area (Å²) in [5, 5.41) is 9.48. The molecule has 28 heavy (non-hydrogen) atoms. The molecule has 1 aliphatic heterocycles. The van der Waals surface area contributed by atoms with Gasteiger partial charge in [-0.2, -0.15) is 5.26 Å². The van der Waals surface area contributed by atoms with E-state index in [9.17, 15) is 8.42 Å². The second kappa shape index (κ2) is 9.15. The van der Waals surface area contributed by atoms with Gasteiger partial charge in [0.1, 0.15) is 0 Å². The lowest BCUT2D eigenvalue weighted by Gasteiger charge is -2.23. The molecular weight excluding hydrogens is 417 g/mol. The van der Waals surface area contributed by atoms with E-state index >= 15 is 0 Å². The van der Waals surface area contributed by atoms with Gasteiger partial charge < -0.3 is 9.80 Å². The minimum absolute atomic E-state index is 0.00390. The molecule has 1 saturated heterocycles. The van der Waals surface area contributed by atoms with Crippen LogP contribution in [-0.4, -0.2) is 51.8 Å². The first-order valence-electron chi connectivity index (χ1n) is 9.04. The van der Waals surface area contributed by atoms with Gasteiger partial charge in [0.2, 0.25) is 0 Å². The minimum Gasteiger partial charge on any atom is -0.370 e. The van der Waals surface area contributed by atoms with Gasteiger partial charge >= 0.3 is 0 Å². The lowest BCUT2D eigenvalue weighted by molar-refractivity contribution is 0.310. The van der Waals surface area contributed by atoms with E-state index in [2.05, 4.69) is 15.9 Å². The summed E-state index contributed by atoms with van der Waals surface area (Å²) in [5.74, 6) is 0.00390. The van der Waals surface area contributed by atoms with Crippen molar-refractivity contribution in [3.05, 3.63) is 58.1 Å². The zero-order valence-corrected chi connectivity index (χ0v) is 17.6. The summed E-state index contributed by atoms with van der Waals surface area (Å²) in [6.45, 7) is 3.77. The number of hydrogen-bond donors (Lipinski definition) is 0. The standard InChI is InChI=1S/C20H21Cl2N3O2S/c21-17-4-7-19(22)20(14-17)28(26,27)13-12-24-8-1-9-25(11-10-24)18-5-2-16(15-23)3-6-18/h2-7,14H,1,8-13H2. The maximum Gasteiger partial charge on any atom is 0.181 e. The number of hydrogen-bond acceptors (Lipinski definition) is 5. The predicted octanol–water partition coefficient (Wildman–Crippen LogP) is 3.85. The van der Waals surface area contributed by atoms with Crippen molar-refractivity contribution < 1.29 is 8.42 Å². The Hall–Kier alpha value is -1.78. The van der Waals surface area contributed by atoms with E-state index in [1.54, 1.807) is 6.07 Å². The molecule has 0 bridgehead atoms. The van der Waals surface area contributed by atoms with Crippen LogP contribution in [0.3, 0.4) is 0 Å². The number of benzene rings is 2. The third-order valence-electron chi connectivity index (χ3n) is 4.85. The van der Waals surface area contributed by atoms with Gasteiger partial charge in [-0.25, -0.2) is 8.42 Å². The third-order valence-corrected chi connectivity index (χ3v) is 7.26. The van der Waals surface area contributed by atoms with Crippen molar-refractivity contribution in [2.24, 2.45) is 0 Å². The smallest absolute Gasteiger partial charge is 0.181 e. The second-order valence-electron chi connectivity index (χ2n) is 6.73. The molecule has 1 aliphatic rings. The quantitative estimate of drug-likeness (QED) is 0.710. The summed E-state index contributed by atoms with van der Waals surface area (Å²) in [6, 6.07) is 14.2. The molecule has 0 amide bonds. The van der Waals surface area contributed by atoms with E-state index in [0.717, 1.165) is 38.3 Å². The normalized spacial score (nSPS) is 15.8. The molecule has 0 aromatic heterocycles. The van der Waals surface area contributed by atoms with E-state index in [4.69, 9.17) is 28.5 Å². The highest BCUT2D eigenvalue weighted by atomic mass is 35.5. The van der Waals surface area contributed by atoms with Gasteiger partial charge in [-0.3, -0.25) is 0 Å². The number of nitrogens with zero attached hydrogens (tertiary/aromatic N) is 3. The maximum absolute atomic E-state index is 12.7. The molecule has 0 unspecified atom stereocenters. The van der Waals surface area contributed by atoms with E-state index < -0.39 is 9.84 Å². The van der Waals surface area contributed by atoms with Crippen LogP contribution in [0.4, 0.5) is 5.69 Å². The molecule has 0 spiro atoms. The fourth-order valence-electron chi connectivity index (χ4n) is 3.27. The largest absolute Gasteiger partial charge is 0.370 e. The van der Waals surface area contributed by atoms with Crippen molar-refractivity contribution in [3.63, 3.8) is 0 Å². The molecule has 2 aromatic carbocycles. The molecule has 8 heteroatoms. The average molecular weight is 438 g/mol. The lowest BCUT2D eigenvalue weighted by Crippen LogP contribution is -2.33. The van der Waals surface area contributed by atoms with Gasteiger partial charge in [-0.15, -0.1) is 0 Å². The van der Waals surface area contributed by atoms with Crippen LogP contribution in [-0.2, 0) is 9.84 Å². The summed E-state index contributed by atoms with van der Waals surface area (Å²) in [7, 11) is -3.50. The van der Waals surface area contributed by atoms with Crippen LogP contribution < -0.4 is 4.90 Å². The fraction of sp³-hybridized carbons (Fsp3) is 0.350. The molecule has 0 aliphatic carbocycles. The molecule has 1 fully saturated rings. The van der Waals surface area contributed by atoms with Gasteiger partial charge in [0.05, 0.1) is 27.3 Å².